The molecule has 2 N–H and O–H groups in total. The van der Waals surface area contributed by atoms with Crippen molar-refractivity contribution in [3.05, 3.63) is 11.5 Å². The molecule has 2 rings (SSSR count). The smallest absolute Gasteiger partial charge is 0.226 e. The number of H-pyrrole nitrogens is 1. The molecule has 2 heterocycles. The Kier molecular flexibility index (Phi) is 4.96. The van der Waals surface area contributed by atoms with Crippen molar-refractivity contribution < 1.29 is 0 Å². The van der Waals surface area contributed by atoms with Crippen molar-refractivity contribution in [3.8, 4) is 0 Å². The molecule has 19 heavy (non-hydrogen) atoms. The summed E-state index contributed by atoms with van der Waals surface area (Å²) in [7, 11) is 0. The Morgan fingerprint density at radius 2 is 2.21 bits per heavy atom. The molecule has 0 amide bonds. The van der Waals surface area contributed by atoms with Crippen molar-refractivity contribution in [2.24, 2.45) is 5.92 Å². The Hall–Kier alpha value is -1.36. The van der Waals surface area contributed by atoms with Gasteiger partial charge in [-0.1, -0.05) is 33.1 Å². The van der Waals surface area contributed by atoms with E-state index in [1.165, 1.54) is 25.7 Å². The number of fused-ring (bicyclic) bond motifs is 1. The minimum atomic E-state index is 0.237. The maximum absolute atomic E-state index is 5.90. The predicted molar refractivity (Wildman–Crippen MR) is 78.5 cm³/mol. The van der Waals surface area contributed by atoms with E-state index in [4.69, 9.17) is 11.6 Å². The third-order valence-electron chi connectivity index (χ3n) is 3.38. The summed E-state index contributed by atoms with van der Waals surface area (Å²) in [6.07, 6.45) is 6.64. The van der Waals surface area contributed by atoms with Crippen LogP contribution in [0, 0.1) is 5.92 Å². The standard InChI is InChI=1S/C13H20ClN5/c1-3-5-6-9(4-2)7-15-11-10-8-16-19-12(10)18-13(14)17-11/h8-9H,3-7H2,1-2H3,(H2,15,16,17,18,19). The summed E-state index contributed by atoms with van der Waals surface area (Å²) in [5, 5.41) is 11.3. The third kappa shape index (κ3) is 3.56. The average Bonchev–Trinajstić information content (AvgIpc) is 2.86. The van der Waals surface area contributed by atoms with Gasteiger partial charge in [-0.25, -0.2) is 0 Å². The fourth-order valence-corrected chi connectivity index (χ4v) is 2.30. The first-order chi connectivity index (χ1) is 9.24. The van der Waals surface area contributed by atoms with Gasteiger partial charge in [0, 0.05) is 6.54 Å². The van der Waals surface area contributed by atoms with E-state index in [2.05, 4.69) is 39.3 Å². The molecular weight excluding hydrogens is 262 g/mol. The zero-order valence-electron chi connectivity index (χ0n) is 11.4. The van der Waals surface area contributed by atoms with Crippen LogP contribution in [-0.4, -0.2) is 26.7 Å². The molecule has 1 unspecified atom stereocenters. The largest absolute Gasteiger partial charge is 0.369 e. The van der Waals surface area contributed by atoms with E-state index in [0.29, 0.717) is 11.6 Å². The molecule has 1 atom stereocenters. The number of anilines is 1. The second-order valence-electron chi connectivity index (χ2n) is 4.77. The van der Waals surface area contributed by atoms with Gasteiger partial charge in [0.25, 0.3) is 0 Å². The number of aromatic nitrogens is 4. The summed E-state index contributed by atoms with van der Waals surface area (Å²) in [6, 6.07) is 0. The number of hydrogen-bond acceptors (Lipinski definition) is 4. The monoisotopic (exact) mass is 281 g/mol. The van der Waals surface area contributed by atoms with Crippen LogP contribution in [0.25, 0.3) is 11.0 Å². The molecule has 0 saturated heterocycles. The molecule has 0 bridgehead atoms. The van der Waals surface area contributed by atoms with Crippen molar-refractivity contribution in [1.29, 1.82) is 0 Å². The molecule has 0 saturated carbocycles. The van der Waals surface area contributed by atoms with Crippen LogP contribution >= 0.6 is 11.6 Å². The molecule has 0 aliphatic heterocycles. The van der Waals surface area contributed by atoms with Crippen LogP contribution in [0.2, 0.25) is 5.28 Å². The normalized spacial score (nSPS) is 12.8. The number of hydrogen-bond donors (Lipinski definition) is 2. The summed E-state index contributed by atoms with van der Waals surface area (Å²) in [5.74, 6) is 1.43. The van der Waals surface area contributed by atoms with Gasteiger partial charge in [-0.3, -0.25) is 5.10 Å². The Morgan fingerprint density at radius 3 is 2.95 bits per heavy atom. The Labute approximate surface area is 118 Å². The lowest BCUT2D eigenvalue weighted by Crippen LogP contribution is -2.14. The second-order valence-corrected chi connectivity index (χ2v) is 5.11. The summed E-state index contributed by atoms with van der Waals surface area (Å²) in [5.41, 5.74) is 0.670. The van der Waals surface area contributed by atoms with Crippen LogP contribution in [-0.2, 0) is 0 Å². The Bertz CT molecular complexity index is 525. The van der Waals surface area contributed by atoms with Gasteiger partial charge in [-0.2, -0.15) is 15.1 Å². The molecular formula is C13H20ClN5. The van der Waals surface area contributed by atoms with Crippen molar-refractivity contribution in [1.82, 2.24) is 20.2 Å². The first-order valence-electron chi connectivity index (χ1n) is 6.85. The lowest BCUT2D eigenvalue weighted by atomic mass is 9.99. The van der Waals surface area contributed by atoms with Crippen LogP contribution in [0.5, 0.6) is 0 Å². The van der Waals surface area contributed by atoms with E-state index in [-0.39, 0.29) is 5.28 Å². The van der Waals surface area contributed by atoms with Crippen LogP contribution in [0.15, 0.2) is 6.20 Å². The fourth-order valence-electron chi connectivity index (χ4n) is 2.13. The molecule has 6 heteroatoms. The van der Waals surface area contributed by atoms with Gasteiger partial charge in [-0.15, -0.1) is 0 Å². The number of unbranched alkanes of at least 4 members (excludes halogenated alkanes) is 1. The molecule has 0 aromatic carbocycles. The van der Waals surface area contributed by atoms with E-state index in [9.17, 15) is 0 Å². The fraction of sp³-hybridized carbons (Fsp3) is 0.615. The molecule has 0 fully saturated rings. The summed E-state index contributed by atoms with van der Waals surface area (Å²) in [6.45, 7) is 5.35. The number of nitrogens with one attached hydrogen (secondary N) is 2. The molecule has 0 radical (unpaired) electrons. The van der Waals surface area contributed by atoms with E-state index in [1.54, 1.807) is 6.20 Å². The van der Waals surface area contributed by atoms with Gasteiger partial charge in [-0.05, 0) is 23.9 Å². The van der Waals surface area contributed by atoms with E-state index in [1.807, 2.05) is 0 Å². The molecule has 5 nitrogen and oxygen atoms in total. The maximum Gasteiger partial charge on any atom is 0.226 e. The first-order valence-corrected chi connectivity index (χ1v) is 7.22. The zero-order chi connectivity index (χ0) is 13.7. The van der Waals surface area contributed by atoms with Crippen molar-refractivity contribution in [2.75, 3.05) is 11.9 Å². The van der Waals surface area contributed by atoms with Gasteiger partial charge in [0.2, 0.25) is 5.28 Å². The minimum absolute atomic E-state index is 0.237. The van der Waals surface area contributed by atoms with Crippen molar-refractivity contribution in [2.45, 2.75) is 39.5 Å². The lowest BCUT2D eigenvalue weighted by Gasteiger charge is -2.15. The Balaban J connectivity index is 2.06. The highest BCUT2D eigenvalue weighted by Gasteiger charge is 2.10. The van der Waals surface area contributed by atoms with Crippen LogP contribution in [0.3, 0.4) is 0 Å². The highest BCUT2D eigenvalue weighted by Crippen LogP contribution is 2.21. The molecule has 0 spiro atoms. The van der Waals surface area contributed by atoms with E-state index in [0.717, 1.165) is 17.7 Å². The maximum atomic E-state index is 5.90. The number of nitrogens with zero attached hydrogens (tertiary/aromatic N) is 3. The first kappa shape index (κ1) is 14.1. The SMILES string of the molecule is CCCCC(CC)CNc1nc(Cl)nc2[nH]ncc12. The number of rotatable bonds is 7. The summed E-state index contributed by atoms with van der Waals surface area (Å²) < 4.78 is 0. The molecule has 2 aromatic heterocycles. The molecule has 0 aliphatic carbocycles. The van der Waals surface area contributed by atoms with Crippen LogP contribution in [0.1, 0.15) is 39.5 Å². The predicted octanol–water partition coefficient (Wildman–Crippen LogP) is 3.63. The van der Waals surface area contributed by atoms with Gasteiger partial charge in [0.05, 0.1) is 11.6 Å². The van der Waals surface area contributed by atoms with Crippen LogP contribution < -0.4 is 5.32 Å². The quantitative estimate of drug-likeness (QED) is 0.761. The average molecular weight is 282 g/mol. The third-order valence-corrected chi connectivity index (χ3v) is 3.55. The summed E-state index contributed by atoms with van der Waals surface area (Å²) >= 11 is 5.90. The highest BCUT2D eigenvalue weighted by atomic mass is 35.5. The zero-order valence-corrected chi connectivity index (χ0v) is 12.2. The number of halogens is 1. The topological polar surface area (TPSA) is 66.5 Å². The van der Waals surface area contributed by atoms with Crippen molar-refractivity contribution in [3.63, 3.8) is 0 Å². The Morgan fingerprint density at radius 1 is 1.37 bits per heavy atom. The highest BCUT2D eigenvalue weighted by molar-refractivity contribution is 6.28. The second kappa shape index (κ2) is 6.70. The molecule has 0 aliphatic rings. The van der Waals surface area contributed by atoms with E-state index < -0.39 is 0 Å². The van der Waals surface area contributed by atoms with Gasteiger partial charge in [0.15, 0.2) is 5.65 Å². The number of aromatic amines is 1. The lowest BCUT2D eigenvalue weighted by molar-refractivity contribution is 0.472. The van der Waals surface area contributed by atoms with Gasteiger partial charge >= 0.3 is 0 Å². The van der Waals surface area contributed by atoms with Crippen molar-refractivity contribution >= 4 is 28.5 Å². The van der Waals surface area contributed by atoms with E-state index >= 15 is 0 Å². The van der Waals surface area contributed by atoms with Gasteiger partial charge < -0.3 is 5.32 Å². The van der Waals surface area contributed by atoms with Crippen LogP contribution in [0.4, 0.5) is 5.82 Å². The minimum Gasteiger partial charge on any atom is -0.369 e. The molecule has 2 aromatic rings. The van der Waals surface area contributed by atoms with Gasteiger partial charge in [0.1, 0.15) is 5.82 Å². The molecule has 104 valence electrons. The summed E-state index contributed by atoms with van der Waals surface area (Å²) in [4.78, 5) is 8.33.